The molecule has 4 rings (SSSR count). The molecule has 0 N–H and O–H groups in total. The first kappa shape index (κ1) is 16.1. The Morgan fingerprint density at radius 3 is 2.85 bits per heavy atom. The normalized spacial score (nSPS) is 15.4. The highest BCUT2D eigenvalue weighted by molar-refractivity contribution is 6.01. The number of nitrogens with zero attached hydrogens (tertiary/aromatic N) is 4. The van der Waals surface area contributed by atoms with Gasteiger partial charge >= 0.3 is 0 Å². The molecule has 2 aliphatic rings. The Morgan fingerprint density at radius 1 is 1.19 bits per heavy atom. The second-order valence-corrected chi connectivity index (χ2v) is 5.97. The molecule has 6 heteroatoms. The molecule has 2 aromatic rings. The van der Waals surface area contributed by atoms with E-state index in [1.165, 1.54) is 0 Å². The van der Waals surface area contributed by atoms with Crippen LogP contribution in [0.15, 0.2) is 72.3 Å². The number of ether oxygens (including phenoxy) is 1. The smallest absolute Gasteiger partial charge is 0.210 e. The lowest BCUT2D eigenvalue weighted by Crippen LogP contribution is -2.38. The van der Waals surface area contributed by atoms with E-state index >= 15 is 0 Å². The number of rotatable bonds is 5. The predicted octanol–water partition coefficient (Wildman–Crippen LogP) is 2.77. The van der Waals surface area contributed by atoms with Crippen LogP contribution < -0.4 is 4.74 Å². The molecule has 0 spiro atoms. The first-order chi connectivity index (χ1) is 12.7. The van der Waals surface area contributed by atoms with Crippen LogP contribution in [0.4, 0.5) is 0 Å². The fourth-order valence-corrected chi connectivity index (χ4v) is 2.94. The summed E-state index contributed by atoms with van der Waals surface area (Å²) in [4.78, 5) is 25.3. The zero-order chi connectivity index (χ0) is 17.9. The van der Waals surface area contributed by atoms with Crippen LogP contribution in [0.1, 0.15) is 15.9 Å². The van der Waals surface area contributed by atoms with E-state index in [-0.39, 0.29) is 12.3 Å². The molecule has 0 fully saturated rings. The van der Waals surface area contributed by atoms with Crippen molar-refractivity contribution in [2.45, 2.75) is 0 Å². The van der Waals surface area contributed by atoms with Crippen LogP contribution in [-0.4, -0.2) is 46.7 Å². The lowest BCUT2D eigenvalue weighted by atomic mass is 10.1. The molecule has 0 bridgehead atoms. The molecule has 0 unspecified atom stereocenters. The number of ketones is 1. The fourth-order valence-electron chi connectivity index (χ4n) is 2.94. The zero-order valence-electron chi connectivity index (χ0n) is 14.4. The lowest BCUT2D eigenvalue weighted by Gasteiger charge is -2.25. The largest absolute Gasteiger partial charge is 0.497 e. The molecule has 3 heterocycles. The summed E-state index contributed by atoms with van der Waals surface area (Å²) in [6.45, 7) is 0.944. The number of carbonyl (C=O) groups excluding carboxylic acids is 1. The Hall–Kier alpha value is -3.41. The summed E-state index contributed by atoms with van der Waals surface area (Å²) in [5.74, 6) is 1.45. The number of guanidine groups is 1. The van der Waals surface area contributed by atoms with Gasteiger partial charge in [-0.25, -0.2) is 4.99 Å². The Labute approximate surface area is 151 Å². The van der Waals surface area contributed by atoms with Crippen LogP contribution in [0.3, 0.4) is 0 Å². The minimum Gasteiger partial charge on any atom is -0.497 e. The van der Waals surface area contributed by atoms with E-state index in [0.29, 0.717) is 11.3 Å². The average Bonchev–Trinajstić information content (AvgIpc) is 3.10. The van der Waals surface area contributed by atoms with E-state index in [9.17, 15) is 4.79 Å². The average molecular weight is 346 g/mol. The van der Waals surface area contributed by atoms with Gasteiger partial charge in [-0.2, -0.15) is 0 Å². The number of hydrogen-bond acceptors (Lipinski definition) is 6. The van der Waals surface area contributed by atoms with E-state index in [1.54, 1.807) is 31.6 Å². The van der Waals surface area contributed by atoms with Gasteiger partial charge in [-0.1, -0.05) is 12.1 Å². The van der Waals surface area contributed by atoms with Crippen molar-refractivity contribution in [3.05, 3.63) is 78.4 Å². The molecule has 6 nitrogen and oxygen atoms in total. The maximum Gasteiger partial charge on any atom is 0.210 e. The van der Waals surface area contributed by atoms with Crippen molar-refractivity contribution in [3.63, 3.8) is 0 Å². The van der Waals surface area contributed by atoms with Gasteiger partial charge in [-0.15, -0.1) is 0 Å². The molecule has 0 saturated carbocycles. The molecule has 0 amide bonds. The van der Waals surface area contributed by atoms with Gasteiger partial charge in [0.05, 0.1) is 19.4 Å². The van der Waals surface area contributed by atoms with Gasteiger partial charge in [-0.05, 0) is 30.3 Å². The number of aromatic nitrogens is 1. The van der Waals surface area contributed by atoms with E-state index in [1.807, 2.05) is 46.5 Å². The molecule has 0 atom stereocenters. The van der Waals surface area contributed by atoms with Crippen molar-refractivity contribution in [2.75, 3.05) is 20.2 Å². The zero-order valence-corrected chi connectivity index (χ0v) is 14.4. The van der Waals surface area contributed by atoms with Crippen molar-refractivity contribution in [3.8, 4) is 5.75 Å². The monoisotopic (exact) mass is 346 g/mol. The maximum atomic E-state index is 12.7. The molecule has 1 aromatic heterocycles. The van der Waals surface area contributed by atoms with Crippen LogP contribution in [-0.2, 0) is 0 Å². The quantitative estimate of drug-likeness (QED) is 0.779. The topological polar surface area (TPSA) is 58.0 Å². The summed E-state index contributed by atoms with van der Waals surface area (Å²) in [6.07, 6.45) is 9.40. The van der Waals surface area contributed by atoms with Gasteiger partial charge in [0.25, 0.3) is 0 Å². The molecule has 0 saturated heterocycles. The first-order valence-corrected chi connectivity index (χ1v) is 8.33. The third-order valence-corrected chi connectivity index (χ3v) is 4.32. The van der Waals surface area contributed by atoms with Crippen molar-refractivity contribution >= 4 is 17.4 Å². The van der Waals surface area contributed by atoms with Gasteiger partial charge in [0.15, 0.2) is 5.78 Å². The number of hydrogen-bond donors (Lipinski definition) is 0. The highest BCUT2D eigenvalue weighted by atomic mass is 16.5. The molecule has 2 aliphatic heterocycles. The molecular weight excluding hydrogens is 328 g/mol. The first-order valence-electron chi connectivity index (χ1n) is 8.33. The van der Waals surface area contributed by atoms with Gasteiger partial charge in [-0.3, -0.25) is 9.78 Å². The standard InChI is InChI=1S/C20H18N4O2/c1-26-17-4-2-3-16(13-17)19(25)14-24-12-11-23-10-7-18(22-20(23)24)15-5-8-21-9-6-15/h2-9,11-13H,10,14H2,1H3. The van der Waals surface area contributed by atoms with Crippen molar-refractivity contribution in [1.82, 2.24) is 14.8 Å². The minimum absolute atomic E-state index is 0.0121. The Bertz CT molecular complexity index is 918. The third-order valence-electron chi connectivity index (χ3n) is 4.32. The number of carbonyl (C=O) groups is 1. The molecule has 0 aliphatic carbocycles. The lowest BCUT2D eigenvalue weighted by molar-refractivity contribution is 0.0974. The minimum atomic E-state index is 0.0121. The van der Waals surface area contributed by atoms with Gasteiger partial charge < -0.3 is 14.5 Å². The second kappa shape index (κ2) is 6.84. The molecule has 130 valence electrons. The summed E-state index contributed by atoms with van der Waals surface area (Å²) in [5.41, 5.74) is 2.52. The number of fused-ring (bicyclic) bond motifs is 1. The summed E-state index contributed by atoms with van der Waals surface area (Å²) in [7, 11) is 1.59. The third kappa shape index (κ3) is 3.09. The van der Waals surface area contributed by atoms with Gasteiger partial charge in [0.2, 0.25) is 5.96 Å². The van der Waals surface area contributed by atoms with Crippen molar-refractivity contribution in [1.29, 1.82) is 0 Å². The summed E-state index contributed by atoms with van der Waals surface area (Å²) >= 11 is 0. The number of Topliss-reactive ketones (excluding diaryl/α,β-unsaturated/α-hetero) is 1. The van der Waals surface area contributed by atoms with Crippen molar-refractivity contribution in [2.24, 2.45) is 4.99 Å². The Kier molecular flexibility index (Phi) is 4.23. The van der Waals surface area contributed by atoms with E-state index in [4.69, 9.17) is 9.73 Å². The summed E-state index contributed by atoms with van der Waals surface area (Å²) < 4.78 is 5.20. The van der Waals surface area contributed by atoms with Gasteiger partial charge in [0.1, 0.15) is 5.75 Å². The highest BCUT2D eigenvalue weighted by Crippen LogP contribution is 2.24. The predicted molar refractivity (Wildman–Crippen MR) is 99.5 cm³/mol. The fraction of sp³-hybridized carbons (Fsp3) is 0.150. The molecular formula is C20H18N4O2. The summed E-state index contributed by atoms with van der Waals surface area (Å²) in [6, 6.07) is 11.1. The molecule has 1 aromatic carbocycles. The highest BCUT2D eigenvalue weighted by Gasteiger charge is 2.26. The Balaban J connectivity index is 1.54. The second-order valence-electron chi connectivity index (χ2n) is 5.97. The van der Waals surface area contributed by atoms with E-state index < -0.39 is 0 Å². The number of aliphatic imine (C=N–C) groups is 1. The molecule has 26 heavy (non-hydrogen) atoms. The van der Waals surface area contributed by atoms with E-state index in [2.05, 4.69) is 11.1 Å². The van der Waals surface area contributed by atoms with Crippen LogP contribution in [0, 0.1) is 0 Å². The van der Waals surface area contributed by atoms with Crippen LogP contribution in [0.2, 0.25) is 0 Å². The summed E-state index contributed by atoms with van der Waals surface area (Å²) in [5, 5.41) is 0. The SMILES string of the molecule is COc1cccc(C(=O)CN2C=CN3CC=C(c4ccncc4)N=C32)c1. The maximum absolute atomic E-state index is 12.7. The number of methoxy groups -OCH3 is 1. The number of pyridine rings is 1. The van der Waals surface area contributed by atoms with Gasteiger partial charge in [0, 0.05) is 42.5 Å². The Morgan fingerprint density at radius 2 is 2.04 bits per heavy atom. The molecule has 0 radical (unpaired) electrons. The van der Waals surface area contributed by atoms with Crippen molar-refractivity contribution < 1.29 is 9.53 Å². The number of benzene rings is 1. The van der Waals surface area contributed by atoms with Crippen LogP contribution in [0.5, 0.6) is 5.75 Å². The van der Waals surface area contributed by atoms with Crippen LogP contribution in [0.25, 0.3) is 5.70 Å². The van der Waals surface area contributed by atoms with E-state index in [0.717, 1.165) is 23.8 Å². The van der Waals surface area contributed by atoms with Crippen LogP contribution >= 0.6 is 0 Å².